The van der Waals surface area contributed by atoms with E-state index in [4.69, 9.17) is 16.7 Å². The van der Waals surface area contributed by atoms with E-state index in [9.17, 15) is 14.0 Å². The van der Waals surface area contributed by atoms with Gasteiger partial charge in [0.05, 0.1) is 6.54 Å². The summed E-state index contributed by atoms with van der Waals surface area (Å²) >= 11 is 5.68. The Morgan fingerprint density at radius 1 is 1.42 bits per heavy atom. The molecule has 0 bridgehead atoms. The lowest BCUT2D eigenvalue weighted by Crippen LogP contribution is -2.56. The number of urea groups is 1. The minimum atomic E-state index is -0.851. The molecule has 0 heterocycles. The summed E-state index contributed by atoms with van der Waals surface area (Å²) in [6.07, 6.45) is 1.42. The van der Waals surface area contributed by atoms with Crippen molar-refractivity contribution in [3.8, 4) is 0 Å². The average Bonchev–Trinajstić information content (AvgIpc) is 2.47. The highest BCUT2D eigenvalue weighted by atomic mass is 35.5. The predicted molar refractivity (Wildman–Crippen MR) is 88.5 cm³/mol. The molecule has 1 fully saturated rings. The van der Waals surface area contributed by atoms with Crippen LogP contribution < -0.4 is 10.6 Å². The third-order valence-electron chi connectivity index (χ3n) is 4.16. The molecule has 24 heavy (non-hydrogen) atoms. The highest BCUT2D eigenvalue weighted by molar-refractivity contribution is 6.30. The van der Waals surface area contributed by atoms with Gasteiger partial charge in [-0.15, -0.1) is 0 Å². The molecule has 1 saturated carbocycles. The molecule has 1 aromatic rings. The number of nitrogens with one attached hydrogen (secondary N) is 2. The quantitative estimate of drug-likeness (QED) is 0.699. The molecule has 2 rings (SSSR count). The molecule has 1 aliphatic carbocycles. The smallest absolute Gasteiger partial charge is 0.317 e. The molecule has 0 unspecified atom stereocenters. The summed E-state index contributed by atoms with van der Waals surface area (Å²) in [5.41, 5.74) is 0.361. The van der Waals surface area contributed by atoms with Crippen molar-refractivity contribution < 1.29 is 19.1 Å². The molecule has 0 atom stereocenters. The summed E-state index contributed by atoms with van der Waals surface area (Å²) in [4.78, 5) is 24.5. The van der Waals surface area contributed by atoms with E-state index >= 15 is 0 Å². The fraction of sp³-hybridized carbons (Fsp3) is 0.500. The van der Waals surface area contributed by atoms with Gasteiger partial charge in [-0.2, -0.15) is 0 Å². The molecule has 1 aliphatic rings. The van der Waals surface area contributed by atoms with Crippen LogP contribution in [0.4, 0.5) is 9.18 Å². The first-order valence-corrected chi connectivity index (χ1v) is 8.21. The van der Waals surface area contributed by atoms with Crippen LogP contribution >= 0.6 is 11.6 Å². The number of aliphatic carboxylic acids is 1. The lowest BCUT2D eigenvalue weighted by atomic mass is 9.85. The first-order chi connectivity index (χ1) is 11.4. The normalized spacial score (nSPS) is 19.7. The Balaban J connectivity index is 1.72. The second-order valence-electron chi connectivity index (χ2n) is 5.84. The van der Waals surface area contributed by atoms with Crippen molar-refractivity contribution in [2.75, 3.05) is 13.1 Å². The molecule has 0 radical (unpaired) electrons. The number of amides is 2. The van der Waals surface area contributed by atoms with Gasteiger partial charge >= 0.3 is 12.0 Å². The number of halogens is 2. The van der Waals surface area contributed by atoms with Gasteiger partial charge in [0, 0.05) is 29.2 Å². The predicted octanol–water partition coefficient (Wildman–Crippen LogP) is 2.22. The van der Waals surface area contributed by atoms with Crippen molar-refractivity contribution in [2.24, 2.45) is 0 Å². The molecular formula is C16H21ClFN3O3. The van der Waals surface area contributed by atoms with Crippen LogP contribution in [0.1, 0.15) is 25.3 Å². The number of hydrogen-bond acceptors (Lipinski definition) is 3. The molecule has 0 spiro atoms. The zero-order valence-corrected chi connectivity index (χ0v) is 14.1. The van der Waals surface area contributed by atoms with Gasteiger partial charge in [0.1, 0.15) is 5.82 Å². The fourth-order valence-corrected chi connectivity index (χ4v) is 2.91. The number of carbonyl (C=O) groups excluding carboxylic acids is 1. The molecule has 1 aromatic carbocycles. The van der Waals surface area contributed by atoms with E-state index in [1.165, 1.54) is 12.1 Å². The molecule has 8 heteroatoms. The van der Waals surface area contributed by atoms with Crippen LogP contribution in [0.2, 0.25) is 5.02 Å². The van der Waals surface area contributed by atoms with E-state index in [-0.39, 0.29) is 31.2 Å². The van der Waals surface area contributed by atoms with Gasteiger partial charge in [0.25, 0.3) is 0 Å². The number of carboxylic acid groups (broad SMARTS) is 1. The van der Waals surface area contributed by atoms with E-state index in [0.29, 0.717) is 30.0 Å². The van der Waals surface area contributed by atoms with E-state index in [0.717, 1.165) is 0 Å². The van der Waals surface area contributed by atoms with Crippen molar-refractivity contribution in [1.82, 2.24) is 15.5 Å². The minimum absolute atomic E-state index is 0.00732. The van der Waals surface area contributed by atoms with Crippen LogP contribution in [0.5, 0.6) is 0 Å². The summed E-state index contributed by atoms with van der Waals surface area (Å²) in [6, 6.07) is 4.11. The Morgan fingerprint density at radius 2 is 2.12 bits per heavy atom. The SMILES string of the molecule is CCN(CC(=O)O)C1CC(NC(=O)NCc2ccc(Cl)cc2F)C1. The zero-order valence-electron chi connectivity index (χ0n) is 13.4. The largest absolute Gasteiger partial charge is 0.480 e. The van der Waals surface area contributed by atoms with Crippen molar-refractivity contribution >= 4 is 23.6 Å². The molecule has 3 N–H and O–H groups in total. The van der Waals surface area contributed by atoms with Crippen LogP contribution in [-0.4, -0.2) is 47.2 Å². The first kappa shape index (κ1) is 18.5. The number of carbonyl (C=O) groups is 2. The number of carboxylic acids is 1. The van der Waals surface area contributed by atoms with Crippen molar-refractivity contribution in [3.05, 3.63) is 34.6 Å². The molecule has 2 amide bonds. The molecule has 0 aliphatic heterocycles. The lowest BCUT2D eigenvalue weighted by molar-refractivity contribution is -0.139. The Hall–Kier alpha value is -1.86. The maximum absolute atomic E-state index is 13.6. The van der Waals surface area contributed by atoms with Gasteiger partial charge in [-0.05, 0) is 31.5 Å². The Morgan fingerprint density at radius 3 is 2.71 bits per heavy atom. The van der Waals surface area contributed by atoms with Crippen LogP contribution in [0, 0.1) is 5.82 Å². The number of hydrogen-bond donors (Lipinski definition) is 3. The summed E-state index contributed by atoms with van der Waals surface area (Å²) < 4.78 is 13.6. The van der Waals surface area contributed by atoms with Crippen molar-refractivity contribution in [3.63, 3.8) is 0 Å². The van der Waals surface area contributed by atoms with E-state index in [1.807, 2.05) is 11.8 Å². The summed E-state index contributed by atoms with van der Waals surface area (Å²) in [7, 11) is 0. The third kappa shape index (κ3) is 5.07. The monoisotopic (exact) mass is 357 g/mol. The van der Waals surface area contributed by atoms with Gasteiger partial charge in [-0.3, -0.25) is 9.69 Å². The van der Waals surface area contributed by atoms with Crippen molar-refractivity contribution in [1.29, 1.82) is 0 Å². The minimum Gasteiger partial charge on any atom is -0.480 e. The number of nitrogens with zero attached hydrogens (tertiary/aromatic N) is 1. The molecule has 132 valence electrons. The summed E-state index contributed by atoms with van der Waals surface area (Å²) in [5.74, 6) is -1.31. The third-order valence-corrected chi connectivity index (χ3v) is 4.40. The Bertz CT molecular complexity index is 608. The lowest BCUT2D eigenvalue weighted by Gasteiger charge is -2.42. The van der Waals surface area contributed by atoms with Gasteiger partial charge in [-0.1, -0.05) is 24.6 Å². The average molecular weight is 358 g/mol. The number of benzene rings is 1. The van der Waals surface area contributed by atoms with Crippen LogP contribution in [0.15, 0.2) is 18.2 Å². The highest BCUT2D eigenvalue weighted by Gasteiger charge is 2.34. The van der Waals surface area contributed by atoms with E-state index in [1.54, 1.807) is 6.07 Å². The van der Waals surface area contributed by atoms with Crippen LogP contribution in [0.25, 0.3) is 0 Å². The maximum Gasteiger partial charge on any atom is 0.317 e. The summed E-state index contributed by atoms with van der Waals surface area (Å²) in [5, 5.41) is 14.6. The number of rotatable bonds is 7. The summed E-state index contributed by atoms with van der Waals surface area (Å²) in [6.45, 7) is 2.66. The van der Waals surface area contributed by atoms with Crippen LogP contribution in [-0.2, 0) is 11.3 Å². The molecular weight excluding hydrogens is 337 g/mol. The topological polar surface area (TPSA) is 81.7 Å². The molecule has 0 saturated heterocycles. The standard InChI is InChI=1S/C16H21ClFN3O3/c1-2-21(9-15(22)23)13-6-12(7-13)20-16(24)19-8-10-3-4-11(17)5-14(10)18/h3-5,12-13H,2,6-9H2,1H3,(H,22,23)(H2,19,20,24). The number of likely N-dealkylation sites (N-methyl/N-ethyl adjacent to an activating group) is 1. The maximum atomic E-state index is 13.6. The Labute approximate surface area is 145 Å². The highest BCUT2D eigenvalue weighted by Crippen LogP contribution is 2.25. The molecule has 6 nitrogen and oxygen atoms in total. The van der Waals surface area contributed by atoms with Gasteiger partial charge in [-0.25, -0.2) is 9.18 Å². The van der Waals surface area contributed by atoms with E-state index in [2.05, 4.69) is 10.6 Å². The Kier molecular flexibility index (Phi) is 6.39. The molecule has 0 aromatic heterocycles. The second kappa shape index (κ2) is 8.30. The van der Waals surface area contributed by atoms with Gasteiger partial charge < -0.3 is 15.7 Å². The van der Waals surface area contributed by atoms with Crippen molar-refractivity contribution in [2.45, 2.75) is 38.4 Å². The van der Waals surface area contributed by atoms with Crippen LogP contribution in [0.3, 0.4) is 0 Å². The van der Waals surface area contributed by atoms with Gasteiger partial charge in [0.2, 0.25) is 0 Å². The fourth-order valence-electron chi connectivity index (χ4n) is 2.75. The van der Waals surface area contributed by atoms with E-state index < -0.39 is 11.8 Å². The van der Waals surface area contributed by atoms with Gasteiger partial charge in [0.15, 0.2) is 0 Å². The second-order valence-corrected chi connectivity index (χ2v) is 6.28. The first-order valence-electron chi connectivity index (χ1n) is 7.83. The zero-order chi connectivity index (χ0) is 17.7.